The standard InChI is InChI=1S/C15H28F2N2O/c1-13(2)9-11(14(3,4)20-13)12(19-18)10-5-7-15(16,17)8-6-10/h10-12,19H,5-9,18H2,1-4H3. The maximum Gasteiger partial charge on any atom is 0.248 e. The van der Waals surface area contributed by atoms with Crippen molar-refractivity contribution in [1.29, 1.82) is 0 Å². The molecule has 20 heavy (non-hydrogen) atoms. The number of hydrogen-bond acceptors (Lipinski definition) is 3. The quantitative estimate of drug-likeness (QED) is 0.619. The van der Waals surface area contributed by atoms with Crippen LogP contribution in [0.5, 0.6) is 0 Å². The van der Waals surface area contributed by atoms with E-state index in [2.05, 4.69) is 33.1 Å². The van der Waals surface area contributed by atoms with E-state index < -0.39 is 5.92 Å². The van der Waals surface area contributed by atoms with Crippen LogP contribution in [0.15, 0.2) is 0 Å². The molecule has 5 heteroatoms. The van der Waals surface area contributed by atoms with Crippen LogP contribution in [0.25, 0.3) is 0 Å². The molecule has 1 aliphatic heterocycles. The Hall–Kier alpha value is -0.260. The number of rotatable bonds is 3. The molecule has 3 N–H and O–H groups in total. The second-order valence-electron chi connectivity index (χ2n) is 7.66. The van der Waals surface area contributed by atoms with Crippen LogP contribution in [-0.2, 0) is 4.74 Å². The number of hydrogen-bond donors (Lipinski definition) is 2. The Balaban J connectivity index is 2.09. The van der Waals surface area contributed by atoms with Crippen molar-refractivity contribution in [2.45, 2.75) is 83.0 Å². The van der Waals surface area contributed by atoms with Gasteiger partial charge in [0.05, 0.1) is 11.2 Å². The molecule has 0 bridgehead atoms. The van der Waals surface area contributed by atoms with Crippen LogP contribution in [0.1, 0.15) is 59.8 Å². The number of nitrogens with one attached hydrogen (secondary N) is 1. The summed E-state index contributed by atoms with van der Waals surface area (Å²) in [5, 5.41) is 0. The summed E-state index contributed by atoms with van der Waals surface area (Å²) < 4.78 is 32.8. The molecule has 2 rings (SSSR count). The number of ether oxygens (including phenoxy) is 1. The molecule has 1 aliphatic carbocycles. The molecule has 0 aromatic heterocycles. The third kappa shape index (κ3) is 3.31. The average Bonchev–Trinajstić information content (AvgIpc) is 2.50. The van der Waals surface area contributed by atoms with Crippen LogP contribution < -0.4 is 11.3 Å². The highest BCUT2D eigenvalue weighted by atomic mass is 19.3. The topological polar surface area (TPSA) is 47.3 Å². The lowest BCUT2D eigenvalue weighted by atomic mass is 9.72. The summed E-state index contributed by atoms with van der Waals surface area (Å²) in [7, 11) is 0. The van der Waals surface area contributed by atoms with E-state index in [4.69, 9.17) is 10.6 Å². The predicted molar refractivity (Wildman–Crippen MR) is 75.4 cm³/mol. The van der Waals surface area contributed by atoms with E-state index in [1.54, 1.807) is 0 Å². The van der Waals surface area contributed by atoms with Gasteiger partial charge in [-0.3, -0.25) is 11.3 Å². The Morgan fingerprint density at radius 1 is 1.15 bits per heavy atom. The van der Waals surface area contributed by atoms with Gasteiger partial charge in [0.2, 0.25) is 5.92 Å². The lowest BCUT2D eigenvalue weighted by Gasteiger charge is -2.40. The lowest BCUT2D eigenvalue weighted by molar-refractivity contribution is -0.0849. The summed E-state index contributed by atoms with van der Waals surface area (Å²) in [6.45, 7) is 8.32. The summed E-state index contributed by atoms with van der Waals surface area (Å²) in [6.07, 6.45) is 1.94. The summed E-state index contributed by atoms with van der Waals surface area (Å²) in [6, 6.07) is 0.0443. The molecule has 3 nitrogen and oxygen atoms in total. The monoisotopic (exact) mass is 290 g/mol. The fraction of sp³-hybridized carbons (Fsp3) is 1.00. The molecule has 1 saturated heterocycles. The molecule has 1 heterocycles. The molecule has 1 saturated carbocycles. The van der Waals surface area contributed by atoms with Gasteiger partial charge in [-0.1, -0.05) is 0 Å². The van der Waals surface area contributed by atoms with Crippen LogP contribution in [-0.4, -0.2) is 23.2 Å². The van der Waals surface area contributed by atoms with Gasteiger partial charge >= 0.3 is 0 Å². The molecule has 0 spiro atoms. The minimum atomic E-state index is -2.49. The Labute approximate surface area is 120 Å². The fourth-order valence-corrected chi connectivity index (χ4v) is 4.17. The van der Waals surface area contributed by atoms with Gasteiger partial charge < -0.3 is 4.74 Å². The molecular weight excluding hydrogens is 262 g/mol. The maximum atomic E-state index is 13.3. The van der Waals surface area contributed by atoms with Gasteiger partial charge in [-0.05, 0) is 52.9 Å². The van der Waals surface area contributed by atoms with Gasteiger partial charge in [0.25, 0.3) is 0 Å². The maximum absolute atomic E-state index is 13.3. The third-order valence-corrected chi connectivity index (χ3v) is 5.04. The van der Waals surface area contributed by atoms with Crippen molar-refractivity contribution in [1.82, 2.24) is 5.43 Å². The van der Waals surface area contributed by atoms with E-state index in [9.17, 15) is 8.78 Å². The highest BCUT2D eigenvalue weighted by molar-refractivity contribution is 5.01. The molecule has 0 radical (unpaired) electrons. The highest BCUT2D eigenvalue weighted by Gasteiger charge is 2.51. The predicted octanol–water partition coefficient (Wildman–Crippen LogP) is 3.24. The number of halogens is 2. The van der Waals surface area contributed by atoms with Gasteiger partial charge in [-0.15, -0.1) is 0 Å². The van der Waals surface area contributed by atoms with Crippen molar-refractivity contribution >= 4 is 0 Å². The van der Waals surface area contributed by atoms with Gasteiger partial charge in [0.15, 0.2) is 0 Å². The SMILES string of the molecule is CC1(C)CC(C(NN)C2CCC(F)(F)CC2)C(C)(C)O1. The lowest BCUT2D eigenvalue weighted by Crippen LogP contribution is -2.52. The molecule has 0 amide bonds. The van der Waals surface area contributed by atoms with Crippen LogP contribution >= 0.6 is 0 Å². The zero-order chi connectivity index (χ0) is 15.2. The number of nitrogens with two attached hydrogens (primary N) is 1. The van der Waals surface area contributed by atoms with Crippen LogP contribution in [0.3, 0.4) is 0 Å². The van der Waals surface area contributed by atoms with E-state index in [-0.39, 0.29) is 41.9 Å². The number of hydrazine groups is 1. The van der Waals surface area contributed by atoms with Crippen molar-refractivity contribution in [3.63, 3.8) is 0 Å². The minimum Gasteiger partial charge on any atom is -0.369 e. The Morgan fingerprint density at radius 2 is 1.70 bits per heavy atom. The van der Waals surface area contributed by atoms with Crippen molar-refractivity contribution < 1.29 is 13.5 Å². The van der Waals surface area contributed by atoms with Gasteiger partial charge in [-0.25, -0.2) is 8.78 Å². The van der Waals surface area contributed by atoms with Gasteiger partial charge in [-0.2, -0.15) is 0 Å². The van der Waals surface area contributed by atoms with Gasteiger partial charge in [0.1, 0.15) is 0 Å². The first-order valence-corrected chi connectivity index (χ1v) is 7.60. The first kappa shape index (κ1) is 16.1. The third-order valence-electron chi connectivity index (χ3n) is 5.04. The van der Waals surface area contributed by atoms with E-state index in [0.717, 1.165) is 6.42 Å². The average molecular weight is 290 g/mol. The molecule has 2 unspecified atom stereocenters. The van der Waals surface area contributed by atoms with E-state index in [0.29, 0.717) is 12.8 Å². The van der Waals surface area contributed by atoms with Crippen molar-refractivity contribution in [3.05, 3.63) is 0 Å². The molecule has 0 aromatic carbocycles. The smallest absolute Gasteiger partial charge is 0.248 e. The van der Waals surface area contributed by atoms with Crippen molar-refractivity contribution in [3.8, 4) is 0 Å². The van der Waals surface area contributed by atoms with E-state index in [1.165, 1.54) is 0 Å². The molecular formula is C15H28F2N2O. The van der Waals surface area contributed by atoms with Crippen LogP contribution in [0.4, 0.5) is 8.78 Å². The zero-order valence-corrected chi connectivity index (χ0v) is 13.0. The van der Waals surface area contributed by atoms with E-state index >= 15 is 0 Å². The first-order chi connectivity index (χ1) is 9.06. The Kier molecular flexibility index (Phi) is 4.17. The summed E-state index contributed by atoms with van der Waals surface area (Å²) in [5.74, 6) is 3.74. The number of alkyl halides is 2. The highest BCUT2D eigenvalue weighted by Crippen LogP contribution is 2.47. The summed E-state index contributed by atoms with van der Waals surface area (Å²) in [4.78, 5) is 0. The minimum absolute atomic E-state index is 0.0206. The molecule has 0 aromatic rings. The summed E-state index contributed by atoms with van der Waals surface area (Å²) in [5.41, 5.74) is 2.45. The van der Waals surface area contributed by atoms with Crippen molar-refractivity contribution in [2.75, 3.05) is 0 Å². The fourth-order valence-electron chi connectivity index (χ4n) is 4.17. The molecule has 2 atom stereocenters. The zero-order valence-electron chi connectivity index (χ0n) is 13.0. The van der Waals surface area contributed by atoms with Gasteiger partial charge in [0, 0.05) is 24.8 Å². The largest absolute Gasteiger partial charge is 0.369 e. The Morgan fingerprint density at radius 3 is 2.10 bits per heavy atom. The second kappa shape index (κ2) is 5.18. The van der Waals surface area contributed by atoms with E-state index in [1.807, 2.05) is 0 Å². The molecule has 118 valence electrons. The van der Waals surface area contributed by atoms with Crippen molar-refractivity contribution in [2.24, 2.45) is 17.7 Å². The summed E-state index contributed by atoms with van der Waals surface area (Å²) >= 11 is 0. The molecule has 2 aliphatic rings. The second-order valence-corrected chi connectivity index (χ2v) is 7.66. The Bertz CT molecular complexity index is 348. The van der Waals surface area contributed by atoms with Crippen LogP contribution in [0.2, 0.25) is 0 Å². The van der Waals surface area contributed by atoms with Crippen LogP contribution in [0, 0.1) is 11.8 Å². The molecule has 2 fully saturated rings. The normalized spacial score (nSPS) is 34.0. The first-order valence-electron chi connectivity index (χ1n) is 7.60.